The lowest BCUT2D eigenvalue weighted by Crippen LogP contribution is -2.20. The van der Waals surface area contributed by atoms with Crippen LogP contribution in [0.5, 0.6) is 17.2 Å². The number of nitrogens with zero attached hydrogens (tertiary/aromatic N) is 2. The molecule has 1 aromatic heterocycles. The summed E-state index contributed by atoms with van der Waals surface area (Å²) in [5.74, 6) is -0.558. The van der Waals surface area contributed by atoms with Crippen LogP contribution in [0.15, 0.2) is 35.7 Å². The number of benzene rings is 1. The maximum absolute atomic E-state index is 11.3. The highest BCUT2D eigenvalue weighted by molar-refractivity contribution is 5.82. The second-order valence-corrected chi connectivity index (χ2v) is 5.05. The molecule has 0 aliphatic heterocycles. The molecule has 0 aliphatic carbocycles. The number of ether oxygens (including phenoxy) is 2. The maximum atomic E-state index is 11.3. The SMILES string of the molecule is COc1cc(/C=C/C=N/[C@@H](Cc2c[nH]cn2)C(=O)O)cc(OC)c1O. The van der Waals surface area contributed by atoms with Gasteiger partial charge in [-0.25, -0.2) is 9.78 Å². The van der Waals surface area contributed by atoms with Crippen LogP contribution in [0, 0.1) is 0 Å². The lowest BCUT2D eigenvalue weighted by Gasteiger charge is -2.09. The van der Waals surface area contributed by atoms with Crippen LogP contribution in [0.4, 0.5) is 0 Å². The molecular weight excluding hydrogens is 326 g/mol. The number of nitrogens with one attached hydrogen (secondary N) is 1. The molecule has 0 amide bonds. The summed E-state index contributed by atoms with van der Waals surface area (Å²) in [7, 11) is 2.88. The Labute approximate surface area is 144 Å². The van der Waals surface area contributed by atoms with Gasteiger partial charge in [-0.15, -0.1) is 0 Å². The highest BCUT2D eigenvalue weighted by Gasteiger charge is 2.16. The van der Waals surface area contributed by atoms with Crippen LogP contribution < -0.4 is 9.47 Å². The van der Waals surface area contributed by atoms with Crippen molar-refractivity contribution < 1.29 is 24.5 Å². The number of hydrogen-bond acceptors (Lipinski definition) is 6. The number of aliphatic imine (C=N–C) groups is 1. The molecule has 0 saturated heterocycles. The number of imidazole rings is 1. The van der Waals surface area contributed by atoms with E-state index in [9.17, 15) is 15.0 Å². The van der Waals surface area contributed by atoms with E-state index < -0.39 is 12.0 Å². The van der Waals surface area contributed by atoms with Crippen LogP contribution in [-0.4, -0.2) is 52.6 Å². The second-order valence-electron chi connectivity index (χ2n) is 5.05. The fourth-order valence-corrected chi connectivity index (χ4v) is 2.12. The summed E-state index contributed by atoms with van der Waals surface area (Å²) in [5, 5.41) is 19.1. The lowest BCUT2D eigenvalue weighted by molar-refractivity contribution is -0.138. The minimum Gasteiger partial charge on any atom is -0.502 e. The second kappa shape index (κ2) is 8.53. The quantitative estimate of drug-likeness (QED) is 0.629. The molecule has 0 aliphatic rings. The van der Waals surface area contributed by atoms with Crippen LogP contribution in [0.3, 0.4) is 0 Å². The number of phenols is 1. The topological polar surface area (TPSA) is 117 Å². The largest absolute Gasteiger partial charge is 0.502 e. The average Bonchev–Trinajstić information content (AvgIpc) is 3.11. The number of methoxy groups -OCH3 is 2. The van der Waals surface area contributed by atoms with E-state index in [2.05, 4.69) is 15.0 Å². The Morgan fingerprint density at radius 2 is 2.04 bits per heavy atom. The first-order valence-corrected chi connectivity index (χ1v) is 7.40. The van der Waals surface area contributed by atoms with Crippen LogP contribution in [0.2, 0.25) is 0 Å². The van der Waals surface area contributed by atoms with Gasteiger partial charge in [-0.2, -0.15) is 0 Å². The predicted molar refractivity (Wildman–Crippen MR) is 92.5 cm³/mol. The minimum atomic E-state index is -1.03. The van der Waals surface area contributed by atoms with Gasteiger partial charge in [-0.1, -0.05) is 6.08 Å². The van der Waals surface area contributed by atoms with Crippen LogP contribution in [0.1, 0.15) is 11.3 Å². The molecule has 2 rings (SSSR count). The number of aromatic nitrogens is 2. The van der Waals surface area contributed by atoms with Gasteiger partial charge < -0.3 is 24.7 Å². The molecule has 0 saturated carbocycles. The van der Waals surface area contributed by atoms with Gasteiger partial charge in [0.2, 0.25) is 5.75 Å². The van der Waals surface area contributed by atoms with Crippen molar-refractivity contribution in [2.24, 2.45) is 4.99 Å². The number of aromatic hydroxyl groups is 1. The van der Waals surface area contributed by atoms with Gasteiger partial charge in [0.15, 0.2) is 17.5 Å². The first-order valence-electron chi connectivity index (χ1n) is 7.40. The summed E-state index contributed by atoms with van der Waals surface area (Å²) in [5.41, 5.74) is 1.33. The molecule has 0 spiro atoms. The van der Waals surface area contributed by atoms with Crippen molar-refractivity contribution in [1.82, 2.24) is 9.97 Å². The Balaban J connectivity index is 2.10. The van der Waals surface area contributed by atoms with Crippen molar-refractivity contribution in [3.05, 3.63) is 42.0 Å². The number of H-pyrrole nitrogens is 1. The van der Waals surface area contributed by atoms with Crippen molar-refractivity contribution in [3.63, 3.8) is 0 Å². The van der Waals surface area contributed by atoms with E-state index >= 15 is 0 Å². The highest BCUT2D eigenvalue weighted by atomic mass is 16.5. The van der Waals surface area contributed by atoms with Crippen molar-refractivity contribution in [1.29, 1.82) is 0 Å². The first kappa shape index (κ1) is 18.1. The molecule has 0 unspecified atom stereocenters. The maximum Gasteiger partial charge on any atom is 0.328 e. The molecule has 1 heterocycles. The third-order valence-electron chi connectivity index (χ3n) is 3.39. The monoisotopic (exact) mass is 345 g/mol. The van der Waals surface area contributed by atoms with Crippen molar-refractivity contribution in [2.75, 3.05) is 14.2 Å². The number of rotatable bonds is 8. The van der Waals surface area contributed by atoms with Gasteiger partial charge in [0, 0.05) is 18.8 Å². The standard InChI is InChI=1S/C17H19N3O5/c1-24-14-6-11(7-15(25-2)16(14)21)4-3-5-19-13(17(22)23)8-12-9-18-10-20-12/h3-7,9-10,13,21H,8H2,1-2H3,(H,18,20)(H,22,23)/b4-3+,19-5+/t13-/m0/s1. The van der Waals surface area contributed by atoms with E-state index in [0.717, 1.165) is 0 Å². The van der Waals surface area contributed by atoms with Crippen molar-refractivity contribution in [2.45, 2.75) is 12.5 Å². The van der Waals surface area contributed by atoms with Gasteiger partial charge in [0.1, 0.15) is 0 Å². The Bertz CT molecular complexity index is 744. The number of phenolic OH excluding ortho intramolecular Hbond substituents is 1. The fraction of sp³-hybridized carbons (Fsp3) is 0.235. The van der Waals surface area contributed by atoms with Gasteiger partial charge in [0.25, 0.3) is 0 Å². The van der Waals surface area contributed by atoms with Crippen molar-refractivity contribution >= 4 is 18.3 Å². The zero-order chi connectivity index (χ0) is 18.2. The molecular formula is C17H19N3O5. The van der Waals surface area contributed by atoms with Crippen LogP contribution in [-0.2, 0) is 11.2 Å². The zero-order valence-electron chi connectivity index (χ0n) is 13.8. The molecule has 0 radical (unpaired) electrons. The fourth-order valence-electron chi connectivity index (χ4n) is 2.12. The summed E-state index contributed by atoms with van der Waals surface area (Å²) in [6.45, 7) is 0. The molecule has 0 bridgehead atoms. The molecule has 1 aromatic carbocycles. The van der Waals surface area contributed by atoms with E-state index in [1.807, 2.05) is 0 Å². The normalized spacial score (nSPS) is 12.6. The molecule has 0 fully saturated rings. The molecule has 25 heavy (non-hydrogen) atoms. The molecule has 132 valence electrons. The first-order chi connectivity index (χ1) is 12.0. The zero-order valence-corrected chi connectivity index (χ0v) is 13.8. The predicted octanol–water partition coefficient (Wildman–Crippen LogP) is 1.91. The van der Waals surface area contributed by atoms with Gasteiger partial charge in [-0.3, -0.25) is 4.99 Å². The summed E-state index contributed by atoms with van der Waals surface area (Å²) < 4.78 is 10.2. The van der Waals surface area contributed by atoms with Crippen LogP contribution >= 0.6 is 0 Å². The number of carboxylic acid groups (broad SMARTS) is 1. The number of aliphatic carboxylic acids is 1. The number of allylic oxidation sites excluding steroid dienone is 1. The molecule has 2 aromatic rings. The summed E-state index contributed by atoms with van der Waals surface area (Å²) in [6, 6.07) is 2.33. The van der Waals surface area contributed by atoms with Gasteiger partial charge >= 0.3 is 5.97 Å². The number of hydrogen-bond donors (Lipinski definition) is 3. The average molecular weight is 345 g/mol. The minimum absolute atomic E-state index is 0.0826. The van der Waals surface area contributed by atoms with E-state index in [0.29, 0.717) is 11.3 Å². The Morgan fingerprint density at radius 3 is 2.56 bits per heavy atom. The third kappa shape index (κ3) is 4.84. The highest BCUT2D eigenvalue weighted by Crippen LogP contribution is 2.37. The number of aromatic amines is 1. The molecule has 1 atom stereocenters. The van der Waals surface area contributed by atoms with Crippen LogP contribution in [0.25, 0.3) is 6.08 Å². The molecule has 8 heteroatoms. The number of carbonyl (C=O) groups is 1. The van der Waals surface area contributed by atoms with E-state index in [4.69, 9.17) is 9.47 Å². The lowest BCUT2D eigenvalue weighted by atomic mass is 10.1. The number of carboxylic acids is 1. The Kier molecular flexibility index (Phi) is 6.16. The van der Waals surface area contributed by atoms with Gasteiger partial charge in [-0.05, 0) is 23.8 Å². The summed E-state index contributed by atoms with van der Waals surface area (Å²) in [4.78, 5) is 22.1. The third-order valence-corrected chi connectivity index (χ3v) is 3.39. The van der Waals surface area contributed by atoms with Gasteiger partial charge in [0.05, 0.1) is 26.2 Å². The smallest absolute Gasteiger partial charge is 0.328 e. The summed E-state index contributed by atoms with van der Waals surface area (Å²) >= 11 is 0. The van der Waals surface area contributed by atoms with Crippen molar-refractivity contribution in [3.8, 4) is 17.2 Å². The molecule has 8 nitrogen and oxygen atoms in total. The Morgan fingerprint density at radius 1 is 1.36 bits per heavy atom. The van der Waals surface area contributed by atoms with E-state index in [1.165, 1.54) is 26.8 Å². The molecule has 3 N–H and O–H groups in total. The summed E-state index contributed by atoms with van der Waals surface area (Å²) in [6.07, 6.45) is 8.04. The van der Waals surface area contributed by atoms with E-state index in [-0.39, 0.29) is 23.7 Å². The Hall–Kier alpha value is -3.29. The van der Waals surface area contributed by atoms with E-state index in [1.54, 1.807) is 30.5 Å².